The first kappa shape index (κ1) is 15.4. The number of hydrogen-bond donors (Lipinski definition) is 1. The molecule has 0 aliphatic heterocycles. The van der Waals surface area contributed by atoms with Gasteiger partial charge in [0.15, 0.2) is 0 Å². The molecule has 0 aromatic heterocycles. The summed E-state index contributed by atoms with van der Waals surface area (Å²) in [5, 5.41) is 13.1. The summed E-state index contributed by atoms with van der Waals surface area (Å²) in [4.78, 5) is 22.4. The van der Waals surface area contributed by atoms with Crippen molar-refractivity contribution in [2.45, 2.75) is 0 Å². The summed E-state index contributed by atoms with van der Waals surface area (Å²) in [7, 11) is 0. The van der Waals surface area contributed by atoms with Gasteiger partial charge < -0.3 is 5.32 Å². The van der Waals surface area contributed by atoms with Crippen LogP contribution < -0.4 is 5.32 Å². The van der Waals surface area contributed by atoms with Crippen LogP contribution in [0.2, 0.25) is 5.02 Å². The topological polar surface area (TPSA) is 72.2 Å². The fourth-order valence-electron chi connectivity index (χ4n) is 1.68. The quantitative estimate of drug-likeness (QED) is 0.640. The Hall–Kier alpha value is -1.99. The van der Waals surface area contributed by atoms with Crippen LogP contribution in [0.3, 0.4) is 0 Å². The van der Waals surface area contributed by atoms with Crippen LogP contribution in [0.15, 0.2) is 40.9 Å². The van der Waals surface area contributed by atoms with Gasteiger partial charge in [0.1, 0.15) is 16.4 Å². The number of nitro groups is 1. The van der Waals surface area contributed by atoms with Gasteiger partial charge >= 0.3 is 5.69 Å². The summed E-state index contributed by atoms with van der Waals surface area (Å²) in [5.74, 6) is -1.49. The van der Waals surface area contributed by atoms with Crippen molar-refractivity contribution in [3.05, 3.63) is 67.4 Å². The summed E-state index contributed by atoms with van der Waals surface area (Å²) >= 11 is 8.82. The maximum absolute atomic E-state index is 13.7. The highest BCUT2D eigenvalue weighted by atomic mass is 79.9. The molecule has 0 saturated carbocycles. The number of nitrogens with zero attached hydrogens (tertiary/aromatic N) is 1. The Morgan fingerprint density at radius 3 is 2.57 bits per heavy atom. The number of hydrogen-bond acceptors (Lipinski definition) is 3. The molecule has 0 aliphatic carbocycles. The standard InChI is InChI=1S/C13H7BrClFN2O3/c14-8-4-2-6-10(16)11(8)17-13(19)7-3-1-5-9(15)12(7)18(20)21/h1-6H,(H,17,19). The Morgan fingerprint density at radius 1 is 1.29 bits per heavy atom. The minimum absolute atomic E-state index is 0.100. The second-order valence-corrected chi connectivity index (χ2v) is 5.21. The number of para-hydroxylation sites is 2. The third kappa shape index (κ3) is 3.20. The number of nitrogens with one attached hydrogen (secondary N) is 1. The molecule has 2 aromatic carbocycles. The highest BCUT2D eigenvalue weighted by Crippen LogP contribution is 2.30. The van der Waals surface area contributed by atoms with E-state index < -0.39 is 22.3 Å². The third-order valence-electron chi connectivity index (χ3n) is 2.62. The summed E-state index contributed by atoms with van der Waals surface area (Å²) in [6.07, 6.45) is 0. The van der Waals surface area contributed by atoms with Crippen LogP contribution in [-0.4, -0.2) is 10.8 Å². The molecule has 0 radical (unpaired) electrons. The Bertz CT molecular complexity index is 719. The first-order valence-electron chi connectivity index (χ1n) is 5.60. The summed E-state index contributed by atoms with van der Waals surface area (Å²) in [6, 6.07) is 8.10. The molecule has 5 nitrogen and oxygen atoms in total. The largest absolute Gasteiger partial charge is 0.318 e. The lowest BCUT2D eigenvalue weighted by Gasteiger charge is -2.09. The molecule has 0 bridgehead atoms. The van der Waals surface area contributed by atoms with Crippen LogP contribution in [-0.2, 0) is 0 Å². The van der Waals surface area contributed by atoms with Gasteiger partial charge in [-0.05, 0) is 40.2 Å². The van der Waals surface area contributed by atoms with E-state index in [1.165, 1.54) is 30.3 Å². The van der Waals surface area contributed by atoms with Gasteiger partial charge in [-0.15, -0.1) is 0 Å². The number of amides is 1. The number of carbonyl (C=O) groups excluding carboxylic acids is 1. The van der Waals surface area contributed by atoms with Crippen molar-refractivity contribution >= 4 is 44.8 Å². The molecule has 2 aromatic rings. The number of rotatable bonds is 3. The fourth-order valence-corrected chi connectivity index (χ4v) is 2.37. The lowest BCUT2D eigenvalue weighted by atomic mass is 10.1. The molecule has 0 saturated heterocycles. The number of benzene rings is 2. The van der Waals surface area contributed by atoms with Crippen molar-refractivity contribution in [2.75, 3.05) is 5.32 Å². The van der Waals surface area contributed by atoms with Crippen LogP contribution in [0, 0.1) is 15.9 Å². The molecule has 0 heterocycles. The van der Waals surface area contributed by atoms with Crippen LogP contribution >= 0.6 is 27.5 Å². The van der Waals surface area contributed by atoms with Gasteiger partial charge in [0.25, 0.3) is 5.91 Å². The SMILES string of the molecule is O=C(Nc1c(F)cccc1Br)c1cccc(Cl)c1[N+](=O)[O-]. The maximum atomic E-state index is 13.7. The van der Waals surface area contributed by atoms with E-state index in [0.29, 0.717) is 4.47 Å². The maximum Gasteiger partial charge on any atom is 0.300 e. The molecular weight excluding hydrogens is 367 g/mol. The van der Waals surface area contributed by atoms with Gasteiger partial charge in [0.05, 0.1) is 10.6 Å². The number of anilines is 1. The Labute approximate surface area is 132 Å². The van der Waals surface area contributed by atoms with Gasteiger partial charge in [-0.1, -0.05) is 23.7 Å². The normalized spacial score (nSPS) is 10.2. The fraction of sp³-hybridized carbons (Fsp3) is 0. The minimum Gasteiger partial charge on any atom is -0.318 e. The van der Waals surface area contributed by atoms with Gasteiger partial charge in [-0.3, -0.25) is 14.9 Å². The van der Waals surface area contributed by atoms with E-state index in [-0.39, 0.29) is 16.3 Å². The predicted octanol–water partition coefficient (Wildman–Crippen LogP) is 4.40. The van der Waals surface area contributed by atoms with E-state index in [4.69, 9.17) is 11.6 Å². The molecule has 0 atom stereocenters. The van der Waals surface area contributed by atoms with Crippen molar-refractivity contribution in [3.8, 4) is 0 Å². The van der Waals surface area contributed by atoms with Crippen molar-refractivity contribution < 1.29 is 14.1 Å². The number of halogens is 3. The number of nitro benzene ring substituents is 1. The van der Waals surface area contributed by atoms with Gasteiger partial charge in [-0.2, -0.15) is 0 Å². The highest BCUT2D eigenvalue weighted by molar-refractivity contribution is 9.10. The van der Waals surface area contributed by atoms with E-state index in [9.17, 15) is 19.3 Å². The molecule has 2 rings (SSSR count). The molecule has 0 fully saturated rings. The summed E-state index contributed by atoms with van der Waals surface area (Å²) in [6.45, 7) is 0. The average molecular weight is 374 g/mol. The zero-order chi connectivity index (χ0) is 15.6. The Kier molecular flexibility index (Phi) is 4.54. The van der Waals surface area contributed by atoms with Crippen LogP contribution in [0.1, 0.15) is 10.4 Å². The second-order valence-electron chi connectivity index (χ2n) is 3.94. The first-order chi connectivity index (χ1) is 9.91. The molecule has 108 valence electrons. The van der Waals surface area contributed by atoms with Gasteiger partial charge in [-0.25, -0.2) is 4.39 Å². The zero-order valence-corrected chi connectivity index (χ0v) is 12.6. The average Bonchev–Trinajstić information content (AvgIpc) is 2.42. The van der Waals surface area contributed by atoms with E-state index in [1.807, 2.05) is 0 Å². The van der Waals surface area contributed by atoms with Crippen LogP contribution in [0.25, 0.3) is 0 Å². The summed E-state index contributed by atoms with van der Waals surface area (Å²) in [5.41, 5.74) is -0.872. The second kappa shape index (κ2) is 6.19. The summed E-state index contributed by atoms with van der Waals surface area (Å²) < 4.78 is 14.0. The molecule has 1 N–H and O–H groups in total. The molecule has 21 heavy (non-hydrogen) atoms. The van der Waals surface area contributed by atoms with Gasteiger partial charge in [0.2, 0.25) is 0 Å². The monoisotopic (exact) mass is 372 g/mol. The van der Waals surface area contributed by atoms with E-state index >= 15 is 0 Å². The van der Waals surface area contributed by atoms with Crippen LogP contribution in [0.5, 0.6) is 0 Å². The molecular formula is C13H7BrClFN2O3. The van der Waals surface area contributed by atoms with Crippen molar-refractivity contribution in [2.24, 2.45) is 0 Å². The first-order valence-corrected chi connectivity index (χ1v) is 6.77. The Morgan fingerprint density at radius 2 is 1.95 bits per heavy atom. The Balaban J connectivity index is 2.43. The smallest absolute Gasteiger partial charge is 0.300 e. The van der Waals surface area contributed by atoms with E-state index in [1.54, 1.807) is 0 Å². The molecule has 0 unspecified atom stereocenters. The van der Waals surface area contributed by atoms with Crippen molar-refractivity contribution in [1.29, 1.82) is 0 Å². The number of carbonyl (C=O) groups is 1. The van der Waals surface area contributed by atoms with E-state index in [2.05, 4.69) is 21.2 Å². The van der Waals surface area contributed by atoms with Crippen LogP contribution in [0.4, 0.5) is 15.8 Å². The molecule has 1 amide bonds. The van der Waals surface area contributed by atoms with Gasteiger partial charge in [0, 0.05) is 4.47 Å². The van der Waals surface area contributed by atoms with Crippen molar-refractivity contribution in [3.63, 3.8) is 0 Å². The highest BCUT2D eigenvalue weighted by Gasteiger charge is 2.24. The predicted molar refractivity (Wildman–Crippen MR) is 80.2 cm³/mol. The van der Waals surface area contributed by atoms with Crippen molar-refractivity contribution in [1.82, 2.24) is 0 Å². The molecule has 0 aliphatic rings. The third-order valence-corrected chi connectivity index (χ3v) is 3.58. The zero-order valence-electron chi connectivity index (χ0n) is 10.3. The molecule has 0 spiro atoms. The minimum atomic E-state index is -0.824. The van der Waals surface area contributed by atoms with E-state index in [0.717, 1.165) is 6.07 Å². The molecule has 8 heteroatoms. The lowest BCUT2D eigenvalue weighted by molar-refractivity contribution is -0.385. The lowest BCUT2D eigenvalue weighted by Crippen LogP contribution is -2.15.